The summed E-state index contributed by atoms with van der Waals surface area (Å²) in [6.07, 6.45) is 1.20. The quantitative estimate of drug-likeness (QED) is 0.878. The third-order valence-corrected chi connectivity index (χ3v) is 4.00. The highest BCUT2D eigenvalue weighted by molar-refractivity contribution is 5.75. The fourth-order valence-electron chi connectivity index (χ4n) is 2.77. The lowest BCUT2D eigenvalue weighted by Crippen LogP contribution is -2.55. The molecule has 3 amide bonds. The number of urea groups is 1. The highest BCUT2D eigenvalue weighted by atomic mass is 16.6. The zero-order valence-electron chi connectivity index (χ0n) is 12.7. The zero-order valence-corrected chi connectivity index (χ0v) is 12.7. The van der Waals surface area contributed by atoms with Crippen molar-refractivity contribution in [2.24, 2.45) is 0 Å². The van der Waals surface area contributed by atoms with Crippen LogP contribution < -0.4 is 5.32 Å². The molecular formula is C14H15N5O5. The monoisotopic (exact) mass is 333 g/mol. The van der Waals surface area contributed by atoms with E-state index < -0.39 is 0 Å². The first kappa shape index (κ1) is 14.5. The number of nitrogens with one attached hydrogen (secondary N) is 1. The summed E-state index contributed by atoms with van der Waals surface area (Å²) in [6.45, 7) is 1.84. The van der Waals surface area contributed by atoms with Crippen molar-refractivity contribution in [1.82, 2.24) is 25.3 Å². The first-order valence-electron chi connectivity index (χ1n) is 7.53. The summed E-state index contributed by atoms with van der Waals surface area (Å²) < 4.78 is 15.2. The molecule has 1 atom stereocenters. The number of hydrogen-bond acceptors (Lipinski definition) is 7. The SMILES string of the molecule is O=C(NCc1noc(-c2ccco2)n1)N1CCN2C(=O)OC[C@@H]2C1. The van der Waals surface area contributed by atoms with Gasteiger partial charge in [0.2, 0.25) is 0 Å². The van der Waals surface area contributed by atoms with Crippen LogP contribution in [0.4, 0.5) is 9.59 Å². The van der Waals surface area contributed by atoms with Gasteiger partial charge in [-0.15, -0.1) is 0 Å². The van der Waals surface area contributed by atoms with Crippen molar-refractivity contribution >= 4 is 12.1 Å². The van der Waals surface area contributed by atoms with E-state index in [0.717, 1.165) is 0 Å². The molecule has 2 aromatic heterocycles. The van der Waals surface area contributed by atoms with Crippen LogP contribution in [0.25, 0.3) is 11.7 Å². The van der Waals surface area contributed by atoms with Gasteiger partial charge < -0.3 is 23.9 Å². The molecule has 126 valence electrons. The predicted octanol–water partition coefficient (Wildman–Crippen LogP) is 0.676. The number of piperazine rings is 1. The smallest absolute Gasteiger partial charge is 0.410 e. The fourth-order valence-corrected chi connectivity index (χ4v) is 2.77. The number of ether oxygens (including phenoxy) is 1. The summed E-state index contributed by atoms with van der Waals surface area (Å²) in [5, 5.41) is 6.55. The van der Waals surface area contributed by atoms with E-state index in [9.17, 15) is 9.59 Å². The fraction of sp³-hybridized carbons (Fsp3) is 0.429. The summed E-state index contributed by atoms with van der Waals surface area (Å²) in [7, 11) is 0. The second kappa shape index (κ2) is 5.87. The average molecular weight is 333 g/mol. The molecule has 2 saturated heterocycles. The van der Waals surface area contributed by atoms with Gasteiger partial charge in [-0.3, -0.25) is 4.90 Å². The first-order chi connectivity index (χ1) is 11.7. The molecule has 0 aliphatic carbocycles. The van der Waals surface area contributed by atoms with Crippen LogP contribution >= 0.6 is 0 Å². The Morgan fingerprint density at radius 2 is 2.33 bits per heavy atom. The van der Waals surface area contributed by atoms with Crippen LogP contribution in [0.5, 0.6) is 0 Å². The molecule has 24 heavy (non-hydrogen) atoms. The van der Waals surface area contributed by atoms with E-state index in [1.807, 2.05) is 0 Å². The van der Waals surface area contributed by atoms with Crippen LogP contribution in [0.3, 0.4) is 0 Å². The van der Waals surface area contributed by atoms with Gasteiger partial charge in [-0.1, -0.05) is 5.16 Å². The van der Waals surface area contributed by atoms with Crippen molar-refractivity contribution in [3.05, 3.63) is 24.2 Å². The second-order valence-corrected chi connectivity index (χ2v) is 5.52. The number of hydrogen-bond donors (Lipinski definition) is 1. The van der Waals surface area contributed by atoms with E-state index in [1.54, 1.807) is 21.9 Å². The molecule has 2 aliphatic rings. The third kappa shape index (κ3) is 2.66. The van der Waals surface area contributed by atoms with Gasteiger partial charge >= 0.3 is 12.1 Å². The Labute approximate surface area is 136 Å². The maximum atomic E-state index is 12.2. The molecule has 4 heterocycles. The van der Waals surface area contributed by atoms with Gasteiger partial charge in [0.15, 0.2) is 11.6 Å². The van der Waals surface area contributed by atoms with Crippen LogP contribution in [0.1, 0.15) is 5.82 Å². The maximum absolute atomic E-state index is 12.2. The number of rotatable bonds is 3. The first-order valence-corrected chi connectivity index (χ1v) is 7.53. The molecule has 0 radical (unpaired) electrons. The Morgan fingerprint density at radius 3 is 3.17 bits per heavy atom. The van der Waals surface area contributed by atoms with Gasteiger partial charge in [-0.2, -0.15) is 4.98 Å². The largest absolute Gasteiger partial charge is 0.459 e. The molecule has 4 rings (SSSR count). The molecule has 10 nitrogen and oxygen atoms in total. The van der Waals surface area contributed by atoms with Crippen molar-refractivity contribution in [1.29, 1.82) is 0 Å². The lowest BCUT2D eigenvalue weighted by Gasteiger charge is -2.35. The molecule has 0 saturated carbocycles. The molecule has 0 aromatic carbocycles. The van der Waals surface area contributed by atoms with Crippen molar-refractivity contribution in [2.75, 3.05) is 26.2 Å². The molecule has 2 aliphatic heterocycles. The maximum Gasteiger partial charge on any atom is 0.410 e. The van der Waals surface area contributed by atoms with E-state index in [-0.39, 0.29) is 30.6 Å². The Kier molecular flexibility index (Phi) is 3.56. The lowest BCUT2D eigenvalue weighted by molar-refractivity contribution is 0.127. The number of furan rings is 1. The number of fused-ring (bicyclic) bond motifs is 1. The molecule has 10 heteroatoms. The molecule has 2 fully saturated rings. The molecular weight excluding hydrogens is 318 g/mol. The lowest BCUT2D eigenvalue weighted by atomic mass is 10.2. The molecule has 0 unspecified atom stereocenters. The van der Waals surface area contributed by atoms with Crippen molar-refractivity contribution in [2.45, 2.75) is 12.6 Å². The number of carbonyl (C=O) groups is 2. The highest BCUT2D eigenvalue weighted by Crippen LogP contribution is 2.18. The minimum atomic E-state index is -0.308. The molecule has 0 bridgehead atoms. The summed E-state index contributed by atoms with van der Waals surface area (Å²) in [5.74, 6) is 1.09. The summed E-state index contributed by atoms with van der Waals surface area (Å²) >= 11 is 0. The Morgan fingerprint density at radius 1 is 1.42 bits per heavy atom. The van der Waals surface area contributed by atoms with Crippen LogP contribution in [-0.4, -0.2) is 64.3 Å². The standard InChI is InChI=1S/C14H15N5O5/c20-13(18-3-4-19-9(7-18)8-23-14(19)21)15-6-11-16-12(24-17-11)10-2-1-5-22-10/h1-2,5,9H,3-4,6-8H2,(H,15,20)/t9-/m0/s1. The van der Waals surface area contributed by atoms with Crippen molar-refractivity contribution < 1.29 is 23.3 Å². The minimum absolute atomic E-state index is 0.0762. The van der Waals surface area contributed by atoms with Gasteiger partial charge in [0.1, 0.15) is 6.61 Å². The van der Waals surface area contributed by atoms with Crippen LogP contribution in [0.15, 0.2) is 27.3 Å². The summed E-state index contributed by atoms with van der Waals surface area (Å²) in [4.78, 5) is 31.1. The highest BCUT2D eigenvalue weighted by Gasteiger charge is 2.38. The van der Waals surface area contributed by atoms with Gasteiger partial charge in [-0.25, -0.2) is 9.59 Å². The van der Waals surface area contributed by atoms with Crippen LogP contribution in [0, 0.1) is 0 Å². The number of carbonyl (C=O) groups excluding carboxylic acids is 2. The number of amides is 3. The Bertz CT molecular complexity index is 743. The minimum Gasteiger partial charge on any atom is -0.459 e. The normalized spacial score (nSPS) is 20.0. The summed E-state index contributed by atoms with van der Waals surface area (Å²) in [5.41, 5.74) is 0. The number of cyclic esters (lactones) is 1. The van der Waals surface area contributed by atoms with Gasteiger partial charge in [0, 0.05) is 19.6 Å². The van der Waals surface area contributed by atoms with E-state index in [4.69, 9.17) is 13.7 Å². The molecule has 1 N–H and O–H groups in total. The van der Waals surface area contributed by atoms with E-state index in [0.29, 0.717) is 37.8 Å². The van der Waals surface area contributed by atoms with Crippen molar-refractivity contribution in [3.63, 3.8) is 0 Å². The number of nitrogens with zero attached hydrogens (tertiary/aromatic N) is 4. The van der Waals surface area contributed by atoms with Gasteiger partial charge in [0.25, 0.3) is 5.89 Å². The molecule has 0 spiro atoms. The van der Waals surface area contributed by atoms with E-state index in [2.05, 4.69) is 15.5 Å². The van der Waals surface area contributed by atoms with E-state index in [1.165, 1.54) is 6.26 Å². The van der Waals surface area contributed by atoms with Crippen LogP contribution in [-0.2, 0) is 11.3 Å². The second-order valence-electron chi connectivity index (χ2n) is 5.52. The molecule has 2 aromatic rings. The van der Waals surface area contributed by atoms with Gasteiger partial charge in [-0.05, 0) is 12.1 Å². The third-order valence-electron chi connectivity index (χ3n) is 4.00. The Hall–Kier alpha value is -3.04. The zero-order chi connectivity index (χ0) is 16.5. The van der Waals surface area contributed by atoms with Crippen molar-refractivity contribution in [3.8, 4) is 11.7 Å². The average Bonchev–Trinajstić information content (AvgIpc) is 3.33. The van der Waals surface area contributed by atoms with Gasteiger partial charge in [0.05, 0.1) is 18.8 Å². The topological polar surface area (TPSA) is 114 Å². The summed E-state index contributed by atoms with van der Waals surface area (Å²) in [6, 6.07) is 3.12. The number of aromatic nitrogens is 2. The van der Waals surface area contributed by atoms with E-state index >= 15 is 0 Å². The Balaban J connectivity index is 1.31. The van der Waals surface area contributed by atoms with Crippen LogP contribution in [0.2, 0.25) is 0 Å². The predicted molar refractivity (Wildman–Crippen MR) is 77.7 cm³/mol.